The molecule has 1 heterocycles. The molecule has 4 aromatic rings. The molecule has 0 saturated heterocycles. The maximum Gasteiger partial charge on any atom is 0.279 e. The number of thiazole rings is 1. The van der Waals surface area contributed by atoms with Gasteiger partial charge in [0.1, 0.15) is 0 Å². The van der Waals surface area contributed by atoms with Gasteiger partial charge in [-0.3, -0.25) is 4.79 Å². The summed E-state index contributed by atoms with van der Waals surface area (Å²) in [6, 6.07) is 18.0. The van der Waals surface area contributed by atoms with Crippen molar-refractivity contribution in [1.82, 2.24) is 4.57 Å². The van der Waals surface area contributed by atoms with E-state index >= 15 is 0 Å². The highest BCUT2D eigenvalue weighted by Gasteiger charge is 2.12. The van der Waals surface area contributed by atoms with Gasteiger partial charge in [-0.1, -0.05) is 47.7 Å². The van der Waals surface area contributed by atoms with Crippen LogP contribution in [0.1, 0.15) is 21.5 Å². The molecule has 0 bridgehead atoms. The van der Waals surface area contributed by atoms with Crippen molar-refractivity contribution in [2.75, 3.05) is 13.7 Å². The van der Waals surface area contributed by atoms with Gasteiger partial charge in [0.05, 0.1) is 16.8 Å². The SMILES string of the molecule is COCCn1c(=NC(=O)c2ccc3ccccc3c2)sc2c(C)cc(C)cc21. The zero-order valence-electron chi connectivity index (χ0n) is 16.2. The number of benzene rings is 3. The molecule has 4 nitrogen and oxygen atoms in total. The van der Waals surface area contributed by atoms with E-state index in [1.165, 1.54) is 11.1 Å². The minimum absolute atomic E-state index is 0.224. The van der Waals surface area contributed by atoms with Crippen LogP contribution in [0.3, 0.4) is 0 Å². The molecule has 142 valence electrons. The minimum atomic E-state index is -0.224. The Labute approximate surface area is 167 Å². The van der Waals surface area contributed by atoms with Crippen molar-refractivity contribution in [3.05, 3.63) is 76.1 Å². The summed E-state index contributed by atoms with van der Waals surface area (Å²) in [6.07, 6.45) is 0. The quantitative estimate of drug-likeness (QED) is 0.499. The fourth-order valence-corrected chi connectivity index (χ4v) is 4.57. The van der Waals surface area contributed by atoms with Crippen LogP contribution >= 0.6 is 11.3 Å². The number of fused-ring (bicyclic) bond motifs is 2. The van der Waals surface area contributed by atoms with Gasteiger partial charge < -0.3 is 9.30 Å². The largest absolute Gasteiger partial charge is 0.383 e. The van der Waals surface area contributed by atoms with Crippen molar-refractivity contribution >= 4 is 38.2 Å². The van der Waals surface area contributed by atoms with Crippen LogP contribution < -0.4 is 4.80 Å². The van der Waals surface area contributed by atoms with E-state index in [9.17, 15) is 4.79 Å². The number of amides is 1. The van der Waals surface area contributed by atoms with Gasteiger partial charge in [-0.05, 0) is 53.9 Å². The fraction of sp³-hybridized carbons (Fsp3) is 0.217. The maximum atomic E-state index is 12.9. The number of ether oxygens (including phenoxy) is 1. The molecule has 0 saturated carbocycles. The van der Waals surface area contributed by atoms with E-state index in [4.69, 9.17) is 4.74 Å². The van der Waals surface area contributed by atoms with Crippen molar-refractivity contribution in [1.29, 1.82) is 0 Å². The molecule has 0 aliphatic rings. The van der Waals surface area contributed by atoms with Crippen LogP contribution in [-0.4, -0.2) is 24.2 Å². The first kappa shape index (κ1) is 18.6. The Hall–Kier alpha value is -2.76. The Morgan fingerprint density at radius 1 is 1.07 bits per heavy atom. The highest BCUT2D eigenvalue weighted by molar-refractivity contribution is 7.16. The summed E-state index contributed by atoms with van der Waals surface area (Å²) in [6.45, 7) is 5.41. The van der Waals surface area contributed by atoms with Gasteiger partial charge in [-0.15, -0.1) is 0 Å². The van der Waals surface area contributed by atoms with Crippen molar-refractivity contribution in [2.45, 2.75) is 20.4 Å². The van der Waals surface area contributed by atoms with Crippen LogP contribution in [-0.2, 0) is 11.3 Å². The van der Waals surface area contributed by atoms with E-state index in [1.54, 1.807) is 18.4 Å². The predicted molar refractivity (Wildman–Crippen MR) is 115 cm³/mol. The van der Waals surface area contributed by atoms with Gasteiger partial charge in [0, 0.05) is 19.2 Å². The molecule has 0 N–H and O–H groups in total. The van der Waals surface area contributed by atoms with Gasteiger partial charge >= 0.3 is 0 Å². The van der Waals surface area contributed by atoms with Gasteiger partial charge in [0.15, 0.2) is 4.80 Å². The second-order valence-corrected chi connectivity index (χ2v) is 7.92. The first-order chi connectivity index (χ1) is 13.6. The number of carbonyl (C=O) groups excluding carboxylic acids is 1. The second-order valence-electron chi connectivity index (χ2n) is 6.94. The molecule has 3 aromatic carbocycles. The van der Waals surface area contributed by atoms with Crippen LogP contribution in [0.15, 0.2) is 59.6 Å². The molecular formula is C23H22N2O2S. The fourth-order valence-electron chi connectivity index (χ4n) is 3.47. The third-order valence-corrected chi connectivity index (χ3v) is 6.06. The lowest BCUT2D eigenvalue weighted by atomic mass is 10.1. The molecular weight excluding hydrogens is 368 g/mol. The Balaban J connectivity index is 1.84. The smallest absolute Gasteiger partial charge is 0.279 e. The number of carbonyl (C=O) groups is 1. The Morgan fingerprint density at radius 2 is 1.86 bits per heavy atom. The zero-order valence-corrected chi connectivity index (χ0v) is 17.0. The topological polar surface area (TPSA) is 43.6 Å². The number of nitrogens with zero attached hydrogens (tertiary/aromatic N) is 2. The molecule has 4 rings (SSSR count). The summed E-state index contributed by atoms with van der Waals surface area (Å²) >= 11 is 1.56. The molecule has 28 heavy (non-hydrogen) atoms. The summed E-state index contributed by atoms with van der Waals surface area (Å²) in [5, 5.41) is 2.15. The molecule has 0 fully saturated rings. The average molecular weight is 391 g/mol. The lowest BCUT2D eigenvalue weighted by Gasteiger charge is -2.06. The third-order valence-electron chi connectivity index (χ3n) is 4.83. The molecule has 5 heteroatoms. The summed E-state index contributed by atoms with van der Waals surface area (Å²) in [5.41, 5.74) is 4.10. The normalized spacial score (nSPS) is 12.2. The van der Waals surface area contributed by atoms with Crippen molar-refractivity contribution in [2.24, 2.45) is 4.99 Å². The number of hydrogen-bond acceptors (Lipinski definition) is 3. The lowest BCUT2D eigenvalue weighted by Crippen LogP contribution is -2.19. The van der Waals surface area contributed by atoms with Gasteiger partial charge in [0.25, 0.3) is 5.91 Å². The van der Waals surface area contributed by atoms with Crippen LogP contribution in [0.5, 0.6) is 0 Å². The van der Waals surface area contributed by atoms with E-state index in [-0.39, 0.29) is 5.91 Å². The van der Waals surface area contributed by atoms with Crippen molar-refractivity contribution in [3.63, 3.8) is 0 Å². The second kappa shape index (κ2) is 7.70. The number of rotatable bonds is 4. The van der Waals surface area contributed by atoms with E-state index in [2.05, 4.69) is 35.5 Å². The monoisotopic (exact) mass is 390 g/mol. The predicted octanol–water partition coefficient (Wildman–Crippen LogP) is 4.86. The Kier molecular flexibility index (Phi) is 5.11. The maximum absolute atomic E-state index is 12.9. The Bertz CT molecular complexity index is 1250. The number of methoxy groups -OCH3 is 1. The minimum Gasteiger partial charge on any atom is -0.383 e. The van der Waals surface area contributed by atoms with Crippen LogP contribution in [0.2, 0.25) is 0 Å². The number of aryl methyl sites for hydroxylation is 2. The summed E-state index contributed by atoms with van der Waals surface area (Å²) in [4.78, 5) is 18.1. The van der Waals surface area contributed by atoms with E-state index in [1.807, 2.05) is 42.5 Å². The average Bonchev–Trinajstić information content (AvgIpc) is 3.03. The van der Waals surface area contributed by atoms with Crippen LogP contribution in [0.4, 0.5) is 0 Å². The summed E-state index contributed by atoms with van der Waals surface area (Å²) < 4.78 is 8.52. The summed E-state index contributed by atoms with van der Waals surface area (Å²) in [5.74, 6) is -0.224. The third kappa shape index (κ3) is 3.51. The first-order valence-electron chi connectivity index (χ1n) is 9.24. The number of aromatic nitrogens is 1. The highest BCUT2D eigenvalue weighted by Crippen LogP contribution is 2.24. The standard InChI is InChI=1S/C23H22N2O2S/c1-15-12-16(2)21-20(13-15)25(10-11-27-3)23(28-21)24-22(26)19-9-8-17-6-4-5-7-18(17)14-19/h4-9,12-14H,10-11H2,1-3H3. The molecule has 1 aromatic heterocycles. The molecule has 0 unspecified atom stereocenters. The van der Waals surface area contributed by atoms with E-state index < -0.39 is 0 Å². The molecule has 0 atom stereocenters. The Morgan fingerprint density at radius 3 is 2.64 bits per heavy atom. The van der Waals surface area contributed by atoms with Gasteiger partial charge in [0.2, 0.25) is 0 Å². The zero-order chi connectivity index (χ0) is 19.7. The number of hydrogen-bond donors (Lipinski definition) is 0. The van der Waals surface area contributed by atoms with Gasteiger partial charge in [-0.25, -0.2) is 0 Å². The van der Waals surface area contributed by atoms with Crippen molar-refractivity contribution in [3.8, 4) is 0 Å². The van der Waals surface area contributed by atoms with Crippen molar-refractivity contribution < 1.29 is 9.53 Å². The molecule has 0 aliphatic carbocycles. The summed E-state index contributed by atoms with van der Waals surface area (Å²) in [7, 11) is 1.68. The van der Waals surface area contributed by atoms with E-state index in [0.717, 1.165) is 21.0 Å². The lowest BCUT2D eigenvalue weighted by molar-refractivity contribution is 0.0997. The highest BCUT2D eigenvalue weighted by atomic mass is 32.1. The molecule has 0 spiro atoms. The molecule has 0 radical (unpaired) electrons. The van der Waals surface area contributed by atoms with Crippen LogP contribution in [0.25, 0.3) is 21.0 Å². The molecule has 1 amide bonds. The van der Waals surface area contributed by atoms with Gasteiger partial charge in [-0.2, -0.15) is 4.99 Å². The van der Waals surface area contributed by atoms with Crippen LogP contribution in [0, 0.1) is 13.8 Å². The van der Waals surface area contributed by atoms with E-state index in [0.29, 0.717) is 23.5 Å². The molecule has 0 aliphatic heterocycles. The first-order valence-corrected chi connectivity index (χ1v) is 10.1.